The van der Waals surface area contributed by atoms with E-state index in [2.05, 4.69) is 162 Å². The van der Waals surface area contributed by atoms with Gasteiger partial charge in [-0.15, -0.1) is 0 Å². The lowest BCUT2D eigenvalue weighted by molar-refractivity contribution is -0.270. The number of fused-ring (bicyclic) bond motifs is 6. The summed E-state index contributed by atoms with van der Waals surface area (Å²) in [5.41, 5.74) is 7.72. The maximum atomic E-state index is 14.9. The van der Waals surface area contributed by atoms with Crippen molar-refractivity contribution < 1.29 is 56.3 Å². The number of esters is 1. The fraction of sp³-hybridized carbons (Fsp3) is 0.800. The van der Waals surface area contributed by atoms with E-state index in [-0.39, 0.29) is 120 Å². The molecule has 0 amide bonds. The van der Waals surface area contributed by atoms with Gasteiger partial charge in [0, 0.05) is 41.4 Å². The Balaban J connectivity index is 0.000000221. The first-order valence-corrected chi connectivity index (χ1v) is 42.3. The van der Waals surface area contributed by atoms with Gasteiger partial charge >= 0.3 is 11.9 Å². The van der Waals surface area contributed by atoms with Crippen molar-refractivity contribution in [3.63, 3.8) is 0 Å². The van der Waals surface area contributed by atoms with E-state index in [1.54, 1.807) is 24.8 Å². The molecule has 2 aromatic carbocycles. The molecule has 14 nitrogen and oxygen atoms in total. The molecule has 4 N–H and O–H groups in total. The summed E-state index contributed by atoms with van der Waals surface area (Å²) < 4.78 is 77.4. The lowest BCUT2D eigenvalue weighted by Crippen LogP contribution is -2.70. The lowest BCUT2D eigenvalue weighted by Gasteiger charge is -2.71. The van der Waals surface area contributed by atoms with E-state index in [1.807, 2.05) is 63.4 Å². The highest BCUT2D eigenvalue weighted by Crippen LogP contribution is 2.78. The summed E-state index contributed by atoms with van der Waals surface area (Å²) in [6.07, 6.45) is 16.0. The van der Waals surface area contributed by atoms with Gasteiger partial charge in [-0.1, -0.05) is 210 Å². The van der Waals surface area contributed by atoms with Crippen LogP contribution in [0.5, 0.6) is 0 Å². The molecular formula is C90H142N2O12S. The number of ether oxygens (including phenoxy) is 7. The number of nitrogens with one attached hydrogen (secondary N) is 1. The SMILES string of the molecule is CO[C@@H]1C[C@@]23COC[C@](C)([C@@H]2CC[C@H]2C3=CC[C@@]3(C)[C@H](C(=O)O)[C@@](C)([C@H](C)C(C)C)CC[C@]23C)[C@H]1OC[C@](C)(N)C(C)(C)C.CO[C@@H]1C[C@@]23COC[C@](C)([C@@H]2CC[C@H]2C3=CC[C@@]3(C)[C@H](C(=O)OCc4ccccc4)[C@@](C)([C@H](C)C(C)C)CC[C@]23C)[C@H]1OC[C@@](C)(NS(=O)(=O)c1ccc(C)cc1)C(C)(C)C. The van der Waals surface area contributed by atoms with Gasteiger partial charge in [0.15, 0.2) is 0 Å². The highest BCUT2D eigenvalue weighted by Gasteiger charge is 2.75. The molecule has 2 aliphatic heterocycles. The number of carboxylic acid groups (broad SMARTS) is 1. The Morgan fingerprint density at radius 2 is 1.03 bits per heavy atom. The van der Waals surface area contributed by atoms with Crippen LogP contribution in [0.15, 0.2) is 82.8 Å². The van der Waals surface area contributed by atoms with Gasteiger partial charge in [0.05, 0.1) is 86.3 Å². The number of aryl methyl sites for hydroxylation is 1. The molecule has 12 rings (SSSR count). The minimum Gasteiger partial charge on any atom is -0.481 e. The van der Waals surface area contributed by atoms with Gasteiger partial charge in [-0.3, -0.25) is 9.59 Å². The molecule has 0 aromatic heterocycles. The molecule has 4 bridgehead atoms. The highest BCUT2D eigenvalue weighted by molar-refractivity contribution is 7.89. The van der Waals surface area contributed by atoms with E-state index in [4.69, 9.17) is 38.9 Å². The van der Waals surface area contributed by atoms with Gasteiger partial charge in [-0.25, -0.2) is 13.1 Å². The highest BCUT2D eigenvalue weighted by atomic mass is 32.2. The summed E-state index contributed by atoms with van der Waals surface area (Å²) in [5.74, 6) is 1.64. The summed E-state index contributed by atoms with van der Waals surface area (Å²) in [4.78, 5) is 28.4. The standard InChI is InChI=1S/C52H77NO7S.C38H65NO5/c1-34(2)36(4)47(8)27-28-49(10)39-23-24-42-48(9)31-58-33-52(42,40(39)25-26-50(49,11)43(47)45(54)59-30-37-17-15-14-16-18-37)29-41(57-13)44(48)60-32-51(12,46(5,6)7)53-61(55,56)38-21-19-35(3)20-22-38;1-23(2)24(3)33(7)17-18-35(9)25-13-14-28-34(8)20-43-22-38(28,26(25)15-16-36(35,10)29(33)31(40)41)19-27(42-12)30(34)44-21-37(11,39)32(4,5)6/h14-22,25,34,36,39,41-44,53H,23-24,26-33H2,1-13H3;15,23-25,27-30H,13-14,16-22,39H2,1-12H3,(H,40,41)/t36-,39+,41-,42+,43-,44+,47-,48-,49-,50+,51-,52+;24-,25+,27-,28+,29-,30+,33-,34-,35-,36+,37+,38+/m11/s1. The Morgan fingerprint density at radius 3 is 1.45 bits per heavy atom. The Hall–Kier alpha value is -3.51. The number of methoxy groups -OCH3 is 2. The van der Waals surface area contributed by atoms with Crippen LogP contribution in [-0.2, 0) is 59.4 Å². The molecule has 590 valence electrons. The first-order valence-electron chi connectivity index (χ1n) is 40.8. The number of carbonyl (C=O) groups excluding carboxylic acids is 1. The maximum Gasteiger partial charge on any atom is 0.310 e. The second kappa shape index (κ2) is 28.3. The lowest BCUT2D eigenvalue weighted by atomic mass is 9.34. The van der Waals surface area contributed by atoms with Crippen LogP contribution in [0.3, 0.4) is 0 Å². The van der Waals surface area contributed by atoms with E-state index in [9.17, 15) is 23.1 Å². The number of allylic oxidation sites excluding steroid dienone is 2. The Morgan fingerprint density at radius 1 is 0.590 bits per heavy atom. The number of carbonyl (C=O) groups is 2. The van der Waals surface area contributed by atoms with Crippen LogP contribution < -0.4 is 10.5 Å². The average molecular weight is 1480 g/mol. The first-order chi connectivity index (χ1) is 48.6. The van der Waals surface area contributed by atoms with E-state index in [0.29, 0.717) is 73.8 Å². The number of hydrogen-bond acceptors (Lipinski definition) is 12. The molecule has 8 aliphatic carbocycles. The molecule has 10 aliphatic rings. The number of carboxylic acids is 1. The third kappa shape index (κ3) is 13.0. The van der Waals surface area contributed by atoms with Gasteiger partial charge in [0.25, 0.3) is 0 Å². The molecule has 24 atom stereocenters. The minimum atomic E-state index is -3.84. The number of rotatable bonds is 19. The van der Waals surface area contributed by atoms with Crippen molar-refractivity contribution >= 4 is 22.0 Å². The number of sulfonamides is 1. The molecule has 2 heterocycles. The van der Waals surface area contributed by atoms with Crippen LogP contribution in [-0.4, -0.2) is 115 Å². The van der Waals surface area contributed by atoms with Crippen molar-refractivity contribution in [2.45, 2.75) is 283 Å². The van der Waals surface area contributed by atoms with E-state index >= 15 is 0 Å². The topological polar surface area (TPSA) is 191 Å². The molecule has 0 radical (unpaired) electrons. The third-order valence-corrected chi connectivity index (χ3v) is 35.7. The normalized spacial score (nSPS) is 41.8. The minimum absolute atomic E-state index is 0.0509. The van der Waals surface area contributed by atoms with Gasteiger partial charge in [-0.05, 0) is 206 Å². The Bertz CT molecular complexity index is 3670. The summed E-state index contributed by atoms with van der Waals surface area (Å²) in [6, 6.07) is 17.1. The summed E-state index contributed by atoms with van der Waals surface area (Å²) >= 11 is 0. The molecule has 15 heteroatoms. The van der Waals surface area contributed by atoms with Gasteiger partial charge in [0.1, 0.15) is 6.61 Å². The van der Waals surface area contributed by atoms with Crippen LogP contribution in [0.4, 0.5) is 0 Å². The van der Waals surface area contributed by atoms with Crippen molar-refractivity contribution in [3.05, 3.63) is 89.0 Å². The number of nitrogens with two attached hydrogens (primary N) is 1. The Kier molecular flexibility index (Phi) is 22.2. The van der Waals surface area contributed by atoms with Crippen molar-refractivity contribution in [2.75, 3.05) is 53.9 Å². The van der Waals surface area contributed by atoms with Crippen molar-refractivity contribution in [1.29, 1.82) is 0 Å². The summed E-state index contributed by atoms with van der Waals surface area (Å²) in [6.45, 7) is 55.1. The Labute approximate surface area is 635 Å². The average Bonchev–Trinajstić information content (AvgIpc) is 0.676. The number of hydrogen-bond donors (Lipinski definition) is 3. The second-order valence-corrected chi connectivity index (χ2v) is 43.2. The van der Waals surface area contributed by atoms with E-state index in [1.165, 1.54) is 5.57 Å². The van der Waals surface area contributed by atoms with Gasteiger partial charge in [-0.2, -0.15) is 0 Å². The smallest absolute Gasteiger partial charge is 0.310 e. The van der Waals surface area contributed by atoms with Crippen LogP contribution in [0.1, 0.15) is 240 Å². The fourth-order valence-electron chi connectivity index (χ4n) is 25.2. The maximum absolute atomic E-state index is 14.9. The zero-order valence-electron chi connectivity index (χ0n) is 69.8. The summed E-state index contributed by atoms with van der Waals surface area (Å²) in [5, 5.41) is 11.0. The third-order valence-electron chi connectivity index (χ3n) is 34.1. The van der Waals surface area contributed by atoms with Crippen molar-refractivity contribution in [1.82, 2.24) is 4.72 Å². The molecule has 0 spiro atoms. The van der Waals surface area contributed by atoms with Crippen LogP contribution in [0, 0.1) is 131 Å². The molecule has 2 aromatic rings. The van der Waals surface area contributed by atoms with Crippen molar-refractivity contribution in [3.8, 4) is 0 Å². The second-order valence-electron chi connectivity index (χ2n) is 41.5. The predicted octanol–water partition coefficient (Wildman–Crippen LogP) is 18.5. The number of aliphatic carboxylic acids is 1. The molecule has 8 fully saturated rings. The van der Waals surface area contributed by atoms with Crippen molar-refractivity contribution in [2.24, 2.45) is 130 Å². The monoisotopic (exact) mass is 1480 g/mol. The van der Waals surface area contributed by atoms with E-state index < -0.39 is 32.5 Å². The summed E-state index contributed by atoms with van der Waals surface area (Å²) in [7, 11) is -0.197. The zero-order valence-corrected chi connectivity index (χ0v) is 70.6. The van der Waals surface area contributed by atoms with Crippen LogP contribution >= 0.6 is 0 Å². The van der Waals surface area contributed by atoms with Crippen LogP contribution in [0.2, 0.25) is 0 Å². The molecule has 105 heavy (non-hydrogen) atoms. The molecule has 2 saturated heterocycles. The van der Waals surface area contributed by atoms with E-state index in [0.717, 1.165) is 94.8 Å². The molecular weight excluding hydrogens is 1330 g/mol. The van der Waals surface area contributed by atoms with Crippen LogP contribution in [0.25, 0.3) is 0 Å². The fourth-order valence-corrected chi connectivity index (χ4v) is 26.7. The molecule has 0 unspecified atom stereocenters. The zero-order chi connectivity index (χ0) is 77.5. The quantitative estimate of drug-likeness (QED) is 0.0890. The predicted molar refractivity (Wildman–Crippen MR) is 418 cm³/mol. The van der Waals surface area contributed by atoms with Gasteiger partial charge < -0.3 is 44.0 Å². The first kappa shape index (κ1) is 82.5. The number of benzene rings is 2. The van der Waals surface area contributed by atoms with Gasteiger partial charge in [0.2, 0.25) is 10.0 Å². The largest absolute Gasteiger partial charge is 0.481 e. The molecule has 6 saturated carbocycles.